The molecule has 0 saturated carbocycles. The van der Waals surface area contributed by atoms with Gasteiger partial charge in [0, 0.05) is 17.8 Å². The number of hydrogen-bond acceptors (Lipinski definition) is 4. The van der Waals surface area contributed by atoms with Crippen LogP contribution >= 0.6 is 11.3 Å². The molecule has 0 atom stereocenters. The van der Waals surface area contributed by atoms with Crippen LogP contribution in [0.4, 0.5) is 0 Å². The number of thiazole rings is 1. The zero-order valence-electron chi connectivity index (χ0n) is 6.64. The van der Waals surface area contributed by atoms with Crippen LogP contribution in [-0.4, -0.2) is 9.97 Å². The SMILES string of the molecule is N#Cc1cccnc1-c1nccs1. The second-order valence-corrected chi connectivity index (χ2v) is 3.24. The monoisotopic (exact) mass is 187 g/mol. The summed E-state index contributed by atoms with van der Waals surface area (Å²) in [6, 6.07) is 5.57. The highest BCUT2D eigenvalue weighted by Gasteiger charge is 2.06. The molecule has 0 spiro atoms. The average molecular weight is 187 g/mol. The van der Waals surface area contributed by atoms with Gasteiger partial charge in [0.2, 0.25) is 0 Å². The van der Waals surface area contributed by atoms with E-state index in [1.165, 1.54) is 11.3 Å². The van der Waals surface area contributed by atoms with Crippen molar-refractivity contribution < 1.29 is 0 Å². The molecule has 2 aromatic heterocycles. The summed E-state index contributed by atoms with van der Waals surface area (Å²) in [4.78, 5) is 8.22. The van der Waals surface area contributed by atoms with Crippen LogP contribution in [0.15, 0.2) is 29.9 Å². The fourth-order valence-corrected chi connectivity index (χ4v) is 1.65. The summed E-state index contributed by atoms with van der Waals surface area (Å²) in [6.07, 6.45) is 3.37. The van der Waals surface area contributed by atoms with Gasteiger partial charge >= 0.3 is 0 Å². The normalized spacial score (nSPS) is 9.46. The van der Waals surface area contributed by atoms with Crippen LogP contribution < -0.4 is 0 Å². The van der Waals surface area contributed by atoms with Crippen LogP contribution in [0.25, 0.3) is 10.7 Å². The predicted octanol–water partition coefficient (Wildman–Crippen LogP) is 2.08. The molecule has 0 fully saturated rings. The van der Waals surface area contributed by atoms with Crippen LogP contribution in [-0.2, 0) is 0 Å². The second-order valence-electron chi connectivity index (χ2n) is 2.35. The van der Waals surface area contributed by atoms with Crippen LogP contribution in [0.5, 0.6) is 0 Å². The highest BCUT2D eigenvalue weighted by Crippen LogP contribution is 2.21. The number of rotatable bonds is 1. The van der Waals surface area contributed by atoms with Crippen molar-refractivity contribution in [3.63, 3.8) is 0 Å². The van der Waals surface area contributed by atoms with Crippen molar-refractivity contribution in [2.24, 2.45) is 0 Å². The molecule has 0 unspecified atom stereocenters. The van der Waals surface area contributed by atoms with Crippen molar-refractivity contribution in [2.75, 3.05) is 0 Å². The molecule has 0 N–H and O–H groups in total. The summed E-state index contributed by atoms with van der Waals surface area (Å²) in [5, 5.41) is 11.5. The Morgan fingerprint density at radius 3 is 2.92 bits per heavy atom. The highest BCUT2D eigenvalue weighted by molar-refractivity contribution is 7.13. The molecular formula is C9H5N3S. The molecule has 4 heteroatoms. The lowest BCUT2D eigenvalue weighted by Crippen LogP contribution is -1.86. The molecule has 0 aliphatic rings. The maximum Gasteiger partial charge on any atom is 0.143 e. The smallest absolute Gasteiger partial charge is 0.143 e. The van der Waals surface area contributed by atoms with E-state index >= 15 is 0 Å². The van der Waals surface area contributed by atoms with Gasteiger partial charge in [-0.2, -0.15) is 5.26 Å². The van der Waals surface area contributed by atoms with Crippen molar-refractivity contribution >= 4 is 11.3 Å². The zero-order valence-corrected chi connectivity index (χ0v) is 7.45. The Kier molecular flexibility index (Phi) is 2.02. The van der Waals surface area contributed by atoms with E-state index in [9.17, 15) is 0 Å². The Balaban J connectivity index is 2.59. The van der Waals surface area contributed by atoms with E-state index < -0.39 is 0 Å². The molecule has 0 aromatic carbocycles. The van der Waals surface area contributed by atoms with Gasteiger partial charge in [-0.05, 0) is 12.1 Å². The van der Waals surface area contributed by atoms with Gasteiger partial charge in [-0.25, -0.2) is 4.98 Å². The summed E-state index contributed by atoms with van der Waals surface area (Å²) in [5.74, 6) is 0. The topological polar surface area (TPSA) is 49.6 Å². The Morgan fingerprint density at radius 1 is 1.31 bits per heavy atom. The molecule has 0 bridgehead atoms. The number of nitrogens with zero attached hydrogens (tertiary/aromatic N) is 3. The van der Waals surface area contributed by atoms with Crippen LogP contribution in [0, 0.1) is 11.3 Å². The maximum atomic E-state index is 8.80. The number of pyridine rings is 1. The summed E-state index contributed by atoms with van der Waals surface area (Å²) in [7, 11) is 0. The van der Waals surface area contributed by atoms with Gasteiger partial charge in [-0.1, -0.05) is 0 Å². The highest BCUT2D eigenvalue weighted by atomic mass is 32.1. The van der Waals surface area contributed by atoms with E-state index in [1.54, 1.807) is 24.5 Å². The number of aromatic nitrogens is 2. The third-order valence-corrected chi connectivity index (χ3v) is 2.34. The molecule has 0 saturated heterocycles. The van der Waals surface area contributed by atoms with Gasteiger partial charge in [0.1, 0.15) is 16.8 Å². The Labute approximate surface area is 79.3 Å². The van der Waals surface area contributed by atoms with Crippen LogP contribution in [0.1, 0.15) is 5.56 Å². The molecule has 62 valence electrons. The number of hydrogen-bond donors (Lipinski definition) is 0. The fraction of sp³-hybridized carbons (Fsp3) is 0. The first-order chi connectivity index (χ1) is 6.42. The third kappa shape index (κ3) is 1.42. The first kappa shape index (κ1) is 7.90. The standard InChI is InChI=1S/C9H5N3S/c10-6-7-2-1-3-11-8(7)9-12-4-5-13-9/h1-5H. The largest absolute Gasteiger partial charge is 0.252 e. The van der Waals surface area contributed by atoms with E-state index in [0.29, 0.717) is 11.3 Å². The predicted molar refractivity (Wildman–Crippen MR) is 50.1 cm³/mol. The van der Waals surface area contributed by atoms with E-state index in [0.717, 1.165) is 5.01 Å². The molecular weight excluding hydrogens is 182 g/mol. The maximum absolute atomic E-state index is 8.80. The van der Waals surface area contributed by atoms with E-state index in [-0.39, 0.29) is 0 Å². The van der Waals surface area contributed by atoms with Crippen molar-refractivity contribution in [3.8, 4) is 16.8 Å². The lowest BCUT2D eigenvalue weighted by Gasteiger charge is -1.95. The number of nitriles is 1. The molecule has 13 heavy (non-hydrogen) atoms. The average Bonchev–Trinajstić information content (AvgIpc) is 2.70. The lowest BCUT2D eigenvalue weighted by molar-refractivity contribution is 1.27. The molecule has 0 aliphatic heterocycles. The molecule has 3 nitrogen and oxygen atoms in total. The van der Waals surface area contributed by atoms with Crippen molar-refractivity contribution in [3.05, 3.63) is 35.5 Å². The van der Waals surface area contributed by atoms with Crippen LogP contribution in [0.3, 0.4) is 0 Å². The van der Waals surface area contributed by atoms with Crippen molar-refractivity contribution in [1.82, 2.24) is 9.97 Å². The van der Waals surface area contributed by atoms with Crippen molar-refractivity contribution in [1.29, 1.82) is 5.26 Å². The summed E-state index contributed by atoms with van der Waals surface area (Å²) >= 11 is 1.48. The minimum absolute atomic E-state index is 0.567. The molecule has 2 aromatic rings. The van der Waals surface area contributed by atoms with Gasteiger partial charge in [-0.15, -0.1) is 11.3 Å². The third-order valence-electron chi connectivity index (χ3n) is 1.56. The molecule has 2 heterocycles. The van der Waals surface area contributed by atoms with E-state index in [4.69, 9.17) is 5.26 Å². The minimum atomic E-state index is 0.567. The first-order valence-corrected chi connectivity index (χ1v) is 4.55. The van der Waals surface area contributed by atoms with Gasteiger partial charge in [-0.3, -0.25) is 4.98 Å². The summed E-state index contributed by atoms with van der Waals surface area (Å²) in [6.45, 7) is 0. The van der Waals surface area contributed by atoms with Gasteiger partial charge in [0.05, 0.1) is 5.56 Å². The lowest BCUT2D eigenvalue weighted by atomic mass is 10.2. The summed E-state index contributed by atoms with van der Waals surface area (Å²) in [5.41, 5.74) is 1.23. The summed E-state index contributed by atoms with van der Waals surface area (Å²) < 4.78 is 0. The molecule has 0 aliphatic carbocycles. The molecule has 0 amide bonds. The Bertz CT molecular complexity index is 442. The van der Waals surface area contributed by atoms with Gasteiger partial charge in [0.15, 0.2) is 0 Å². The minimum Gasteiger partial charge on any atom is -0.252 e. The van der Waals surface area contributed by atoms with Crippen molar-refractivity contribution in [2.45, 2.75) is 0 Å². The van der Waals surface area contributed by atoms with Crippen LogP contribution in [0.2, 0.25) is 0 Å². The van der Waals surface area contributed by atoms with E-state index in [2.05, 4.69) is 16.0 Å². The molecule has 0 radical (unpaired) electrons. The van der Waals surface area contributed by atoms with Gasteiger partial charge < -0.3 is 0 Å². The first-order valence-electron chi connectivity index (χ1n) is 3.67. The Hall–Kier alpha value is -1.73. The zero-order chi connectivity index (χ0) is 9.10. The van der Waals surface area contributed by atoms with E-state index in [1.807, 2.05) is 5.38 Å². The Morgan fingerprint density at radius 2 is 2.23 bits per heavy atom. The fourth-order valence-electron chi connectivity index (χ4n) is 1.01. The van der Waals surface area contributed by atoms with Gasteiger partial charge in [0.25, 0.3) is 0 Å². The molecule has 2 rings (SSSR count). The second kappa shape index (κ2) is 3.33. The quantitative estimate of drug-likeness (QED) is 0.686.